The van der Waals surface area contributed by atoms with Crippen LogP contribution >= 0.6 is 0 Å². The SMILES string of the molecule is [O-]Nc1ccc(N(CCO)CCO)cc1. The van der Waals surface area contributed by atoms with Crippen molar-refractivity contribution >= 4 is 11.4 Å². The van der Waals surface area contributed by atoms with Crippen molar-refractivity contribution in [2.24, 2.45) is 0 Å². The van der Waals surface area contributed by atoms with Crippen LogP contribution in [-0.2, 0) is 0 Å². The number of aliphatic hydroxyl groups is 2. The predicted molar refractivity (Wildman–Crippen MR) is 59.8 cm³/mol. The molecule has 1 aromatic rings. The number of hydrogen-bond donors (Lipinski definition) is 3. The van der Waals surface area contributed by atoms with E-state index in [0.717, 1.165) is 5.69 Å². The highest BCUT2D eigenvalue weighted by Gasteiger charge is 2.04. The molecule has 5 heteroatoms. The molecule has 0 atom stereocenters. The molecule has 15 heavy (non-hydrogen) atoms. The molecule has 0 aromatic heterocycles. The molecule has 0 saturated carbocycles. The Labute approximate surface area is 88.5 Å². The molecule has 1 rings (SSSR count). The van der Waals surface area contributed by atoms with Gasteiger partial charge in [0.2, 0.25) is 0 Å². The first kappa shape index (κ1) is 11.8. The summed E-state index contributed by atoms with van der Waals surface area (Å²) in [7, 11) is 0. The summed E-state index contributed by atoms with van der Waals surface area (Å²) in [5, 5.41) is 28.0. The Bertz CT molecular complexity index is 271. The molecule has 3 N–H and O–H groups in total. The molecule has 0 heterocycles. The molecular formula is C10H15N2O3-. The number of rotatable bonds is 6. The van der Waals surface area contributed by atoms with Crippen LogP contribution in [0.15, 0.2) is 24.3 Å². The van der Waals surface area contributed by atoms with Crippen LogP contribution in [0.5, 0.6) is 0 Å². The Morgan fingerprint density at radius 3 is 2.00 bits per heavy atom. The zero-order chi connectivity index (χ0) is 11.1. The minimum absolute atomic E-state index is 0.0293. The van der Waals surface area contributed by atoms with Crippen LogP contribution in [-0.4, -0.2) is 36.5 Å². The predicted octanol–water partition coefficient (Wildman–Crippen LogP) is 0.387. The van der Waals surface area contributed by atoms with E-state index in [9.17, 15) is 5.21 Å². The molecule has 1 aromatic carbocycles. The summed E-state index contributed by atoms with van der Waals surface area (Å²) in [5.41, 5.74) is 3.15. The van der Waals surface area contributed by atoms with Gasteiger partial charge in [0.25, 0.3) is 0 Å². The normalized spacial score (nSPS) is 10.1. The molecule has 0 amide bonds. The second kappa shape index (κ2) is 6.23. The molecule has 0 saturated heterocycles. The average molecular weight is 211 g/mol. The molecule has 0 unspecified atom stereocenters. The van der Waals surface area contributed by atoms with Crippen molar-refractivity contribution in [3.8, 4) is 0 Å². The summed E-state index contributed by atoms with van der Waals surface area (Å²) in [4.78, 5) is 1.84. The van der Waals surface area contributed by atoms with Crippen LogP contribution in [0.1, 0.15) is 0 Å². The fourth-order valence-electron chi connectivity index (χ4n) is 1.35. The van der Waals surface area contributed by atoms with Crippen LogP contribution in [0, 0.1) is 5.21 Å². The van der Waals surface area contributed by atoms with E-state index in [1.54, 1.807) is 29.7 Å². The van der Waals surface area contributed by atoms with E-state index in [-0.39, 0.29) is 13.2 Å². The first-order valence-corrected chi connectivity index (χ1v) is 4.76. The number of benzene rings is 1. The average Bonchev–Trinajstić information content (AvgIpc) is 2.29. The standard InChI is InChI=1S/C10H15N2O3/c13-7-5-12(6-8-14)10-3-1-9(11-15)2-4-10/h1-4,11,13-14H,5-8H2/q-1. The zero-order valence-electron chi connectivity index (χ0n) is 8.39. The highest BCUT2D eigenvalue weighted by Crippen LogP contribution is 2.17. The third-order valence-electron chi connectivity index (χ3n) is 2.09. The lowest BCUT2D eigenvalue weighted by molar-refractivity contribution is 0.281. The lowest BCUT2D eigenvalue weighted by atomic mass is 10.2. The van der Waals surface area contributed by atoms with Crippen molar-refractivity contribution in [1.82, 2.24) is 0 Å². The fourth-order valence-corrected chi connectivity index (χ4v) is 1.35. The molecule has 0 spiro atoms. The van der Waals surface area contributed by atoms with Gasteiger partial charge in [-0.05, 0) is 24.3 Å². The maximum Gasteiger partial charge on any atom is 0.0606 e. The maximum atomic E-state index is 10.3. The second-order valence-electron chi connectivity index (χ2n) is 3.08. The molecule has 0 bridgehead atoms. The second-order valence-corrected chi connectivity index (χ2v) is 3.08. The molecule has 0 aliphatic rings. The maximum absolute atomic E-state index is 10.3. The first-order chi connectivity index (χ1) is 7.31. The van der Waals surface area contributed by atoms with Gasteiger partial charge in [0, 0.05) is 24.5 Å². The van der Waals surface area contributed by atoms with Gasteiger partial charge in [-0.3, -0.25) is 0 Å². The van der Waals surface area contributed by atoms with E-state index >= 15 is 0 Å². The van der Waals surface area contributed by atoms with Crippen molar-refractivity contribution in [3.05, 3.63) is 29.5 Å². The lowest BCUT2D eigenvalue weighted by Crippen LogP contribution is -2.29. The van der Waals surface area contributed by atoms with E-state index < -0.39 is 0 Å². The van der Waals surface area contributed by atoms with Gasteiger partial charge in [0.15, 0.2) is 0 Å². The zero-order valence-corrected chi connectivity index (χ0v) is 8.39. The topological polar surface area (TPSA) is 78.8 Å². The van der Waals surface area contributed by atoms with Crippen molar-refractivity contribution in [2.45, 2.75) is 0 Å². The van der Waals surface area contributed by atoms with Gasteiger partial charge in [-0.15, -0.1) is 0 Å². The quantitative estimate of drug-likeness (QED) is 0.593. The minimum Gasteiger partial charge on any atom is -0.761 e. The van der Waals surface area contributed by atoms with Gasteiger partial charge in [-0.25, -0.2) is 0 Å². The largest absolute Gasteiger partial charge is 0.761 e. The monoisotopic (exact) mass is 211 g/mol. The van der Waals surface area contributed by atoms with Crippen LogP contribution in [0.4, 0.5) is 11.4 Å². The van der Waals surface area contributed by atoms with Crippen molar-refractivity contribution in [2.75, 3.05) is 36.7 Å². The van der Waals surface area contributed by atoms with Gasteiger partial charge in [0.05, 0.1) is 13.2 Å². The highest BCUT2D eigenvalue weighted by molar-refractivity contribution is 5.55. The van der Waals surface area contributed by atoms with Crippen LogP contribution in [0.3, 0.4) is 0 Å². The van der Waals surface area contributed by atoms with Crippen molar-refractivity contribution in [1.29, 1.82) is 0 Å². The van der Waals surface area contributed by atoms with Crippen LogP contribution < -0.4 is 10.4 Å². The summed E-state index contributed by atoms with van der Waals surface area (Å²) in [6.45, 7) is 0.985. The number of nitrogens with zero attached hydrogens (tertiary/aromatic N) is 1. The summed E-state index contributed by atoms with van der Waals surface area (Å²) in [5.74, 6) is 0. The number of nitrogens with one attached hydrogen (secondary N) is 1. The fraction of sp³-hybridized carbons (Fsp3) is 0.400. The van der Waals surface area contributed by atoms with Gasteiger partial charge < -0.3 is 25.8 Å². The van der Waals surface area contributed by atoms with Gasteiger partial charge >= 0.3 is 0 Å². The molecular weight excluding hydrogens is 196 g/mol. The lowest BCUT2D eigenvalue weighted by Gasteiger charge is -2.23. The Balaban J connectivity index is 2.72. The van der Waals surface area contributed by atoms with E-state index in [0.29, 0.717) is 18.8 Å². The van der Waals surface area contributed by atoms with E-state index in [1.807, 2.05) is 4.90 Å². The Morgan fingerprint density at radius 2 is 1.60 bits per heavy atom. The number of anilines is 2. The van der Waals surface area contributed by atoms with E-state index in [2.05, 4.69) is 0 Å². The van der Waals surface area contributed by atoms with Crippen molar-refractivity contribution < 1.29 is 10.2 Å². The van der Waals surface area contributed by atoms with Crippen LogP contribution in [0.25, 0.3) is 0 Å². The molecule has 5 nitrogen and oxygen atoms in total. The number of aliphatic hydroxyl groups excluding tert-OH is 2. The highest BCUT2D eigenvalue weighted by atomic mass is 16.5. The molecule has 84 valence electrons. The Kier molecular flexibility index (Phi) is 4.89. The third-order valence-corrected chi connectivity index (χ3v) is 2.09. The van der Waals surface area contributed by atoms with Gasteiger partial charge in [-0.1, -0.05) is 0 Å². The molecule has 0 aliphatic carbocycles. The van der Waals surface area contributed by atoms with Crippen molar-refractivity contribution in [3.63, 3.8) is 0 Å². The van der Waals surface area contributed by atoms with E-state index in [4.69, 9.17) is 10.2 Å². The summed E-state index contributed by atoms with van der Waals surface area (Å²) in [6.07, 6.45) is 0. The first-order valence-electron chi connectivity index (χ1n) is 4.76. The Morgan fingerprint density at radius 1 is 1.07 bits per heavy atom. The molecule has 0 aliphatic heterocycles. The van der Waals surface area contributed by atoms with E-state index in [1.165, 1.54) is 0 Å². The third kappa shape index (κ3) is 3.39. The smallest absolute Gasteiger partial charge is 0.0606 e. The number of hydrogen-bond acceptors (Lipinski definition) is 5. The minimum atomic E-state index is 0.0293. The Hall–Kier alpha value is -1.30. The van der Waals surface area contributed by atoms with Crippen LogP contribution in [0.2, 0.25) is 0 Å². The molecule has 0 fully saturated rings. The van der Waals surface area contributed by atoms with Gasteiger partial charge in [0.1, 0.15) is 0 Å². The summed E-state index contributed by atoms with van der Waals surface area (Å²) in [6, 6.07) is 6.85. The summed E-state index contributed by atoms with van der Waals surface area (Å²) < 4.78 is 0. The summed E-state index contributed by atoms with van der Waals surface area (Å²) >= 11 is 0. The molecule has 0 radical (unpaired) electrons. The van der Waals surface area contributed by atoms with Gasteiger partial charge in [-0.2, -0.15) is 0 Å².